The van der Waals surface area contributed by atoms with Crippen LogP contribution in [0.3, 0.4) is 0 Å². The van der Waals surface area contributed by atoms with Gasteiger partial charge in [-0.15, -0.1) is 12.4 Å². The maximum absolute atomic E-state index is 11.9. The number of hydrogen-bond acceptors (Lipinski definition) is 3. The molecule has 1 amide bonds. The molecule has 18 heavy (non-hydrogen) atoms. The van der Waals surface area contributed by atoms with Crippen molar-refractivity contribution >= 4 is 18.3 Å². The number of likely N-dealkylation sites (tertiary alicyclic amines) is 1. The monoisotopic (exact) mass is 277 g/mol. The lowest BCUT2D eigenvalue weighted by molar-refractivity contribution is -0.126. The number of nitrogens with zero attached hydrogens (tertiary/aromatic N) is 1. The topological polar surface area (TPSA) is 58.4 Å². The normalized spacial score (nSPS) is 21.2. The smallest absolute Gasteiger partial charge is 0.224 e. The molecular formula is C13H28ClN3O. The van der Waals surface area contributed by atoms with Gasteiger partial charge in [0.1, 0.15) is 0 Å². The maximum Gasteiger partial charge on any atom is 0.224 e. The van der Waals surface area contributed by atoms with Gasteiger partial charge in [0, 0.05) is 26.2 Å². The number of rotatable bonds is 4. The van der Waals surface area contributed by atoms with E-state index in [1.54, 1.807) is 0 Å². The van der Waals surface area contributed by atoms with Gasteiger partial charge in [-0.05, 0) is 24.8 Å². The predicted molar refractivity (Wildman–Crippen MR) is 77.9 cm³/mol. The third kappa shape index (κ3) is 6.57. The first-order valence-electron chi connectivity index (χ1n) is 6.62. The van der Waals surface area contributed by atoms with Gasteiger partial charge in [0.15, 0.2) is 0 Å². The Labute approximate surface area is 117 Å². The molecule has 1 aliphatic rings. The number of carbonyl (C=O) groups excluding carboxylic acids is 1. The van der Waals surface area contributed by atoms with Crippen molar-refractivity contribution in [3.05, 3.63) is 0 Å². The van der Waals surface area contributed by atoms with E-state index in [-0.39, 0.29) is 24.2 Å². The van der Waals surface area contributed by atoms with E-state index in [0.717, 1.165) is 32.5 Å². The molecule has 0 bridgehead atoms. The number of amides is 1. The lowest BCUT2D eigenvalue weighted by atomic mass is 9.92. The fourth-order valence-corrected chi connectivity index (χ4v) is 2.42. The zero-order valence-electron chi connectivity index (χ0n) is 11.9. The molecule has 0 saturated carbocycles. The molecule has 0 radical (unpaired) electrons. The Morgan fingerprint density at radius 1 is 1.44 bits per heavy atom. The van der Waals surface area contributed by atoms with Gasteiger partial charge in [0.05, 0.1) is 5.92 Å². The summed E-state index contributed by atoms with van der Waals surface area (Å²) in [4.78, 5) is 14.3. The van der Waals surface area contributed by atoms with Crippen molar-refractivity contribution in [1.82, 2.24) is 10.2 Å². The highest BCUT2D eigenvalue weighted by Gasteiger charge is 2.27. The van der Waals surface area contributed by atoms with Crippen LogP contribution in [0, 0.1) is 11.3 Å². The van der Waals surface area contributed by atoms with Crippen molar-refractivity contribution in [2.45, 2.75) is 33.6 Å². The number of nitrogens with one attached hydrogen (secondary N) is 1. The molecule has 1 aliphatic heterocycles. The van der Waals surface area contributed by atoms with E-state index in [0.29, 0.717) is 18.5 Å². The highest BCUT2D eigenvalue weighted by Crippen LogP contribution is 2.21. The average Bonchev–Trinajstić information content (AvgIpc) is 2.24. The largest absolute Gasteiger partial charge is 0.355 e. The van der Waals surface area contributed by atoms with Crippen LogP contribution < -0.4 is 11.1 Å². The molecule has 1 atom stereocenters. The first-order valence-corrected chi connectivity index (χ1v) is 6.62. The van der Waals surface area contributed by atoms with Crippen molar-refractivity contribution in [2.75, 3.05) is 32.7 Å². The minimum atomic E-state index is 0. The molecule has 0 aromatic rings. The maximum atomic E-state index is 11.9. The van der Waals surface area contributed by atoms with Crippen LogP contribution in [0.25, 0.3) is 0 Å². The fraction of sp³-hybridized carbons (Fsp3) is 0.923. The van der Waals surface area contributed by atoms with E-state index in [1.165, 1.54) is 0 Å². The first kappa shape index (κ1) is 17.7. The molecule has 1 fully saturated rings. The van der Waals surface area contributed by atoms with E-state index in [4.69, 9.17) is 5.73 Å². The number of halogens is 1. The molecule has 0 aromatic carbocycles. The summed E-state index contributed by atoms with van der Waals surface area (Å²) in [6.45, 7) is 10.9. The van der Waals surface area contributed by atoms with Crippen molar-refractivity contribution < 1.29 is 4.79 Å². The van der Waals surface area contributed by atoms with E-state index >= 15 is 0 Å². The second-order valence-electron chi connectivity index (χ2n) is 6.21. The standard InChI is InChI=1S/C13H27N3O.ClH/c1-13(2,3)10-16-8-4-5-11(9-16)12(17)15-7-6-14;/h11H,4-10,14H2,1-3H3,(H,15,17);1H. The van der Waals surface area contributed by atoms with Crippen LogP contribution in [-0.2, 0) is 4.79 Å². The van der Waals surface area contributed by atoms with Crippen molar-refractivity contribution in [2.24, 2.45) is 17.1 Å². The molecule has 1 heterocycles. The average molecular weight is 278 g/mol. The van der Waals surface area contributed by atoms with Crippen LogP contribution in [0.1, 0.15) is 33.6 Å². The Hall–Kier alpha value is -0.320. The molecule has 0 aliphatic carbocycles. The van der Waals surface area contributed by atoms with Gasteiger partial charge in [0.25, 0.3) is 0 Å². The van der Waals surface area contributed by atoms with E-state index in [9.17, 15) is 4.79 Å². The molecule has 4 nitrogen and oxygen atoms in total. The molecule has 1 unspecified atom stereocenters. The quantitative estimate of drug-likeness (QED) is 0.813. The van der Waals surface area contributed by atoms with Gasteiger partial charge in [-0.25, -0.2) is 0 Å². The van der Waals surface area contributed by atoms with Gasteiger partial charge in [0.2, 0.25) is 5.91 Å². The molecular weight excluding hydrogens is 250 g/mol. The Morgan fingerprint density at radius 3 is 2.67 bits per heavy atom. The van der Waals surface area contributed by atoms with Crippen molar-refractivity contribution in [3.63, 3.8) is 0 Å². The zero-order valence-corrected chi connectivity index (χ0v) is 12.7. The first-order chi connectivity index (χ1) is 7.92. The SMILES string of the molecule is CC(C)(C)CN1CCCC(C(=O)NCCN)C1.Cl. The summed E-state index contributed by atoms with van der Waals surface area (Å²) in [6.07, 6.45) is 2.13. The summed E-state index contributed by atoms with van der Waals surface area (Å²) < 4.78 is 0. The van der Waals surface area contributed by atoms with Crippen LogP contribution in [-0.4, -0.2) is 43.5 Å². The second-order valence-corrected chi connectivity index (χ2v) is 6.21. The van der Waals surface area contributed by atoms with E-state index in [2.05, 4.69) is 31.0 Å². The lowest BCUT2D eigenvalue weighted by Gasteiger charge is -2.36. The second kappa shape index (κ2) is 7.97. The van der Waals surface area contributed by atoms with Crippen molar-refractivity contribution in [1.29, 1.82) is 0 Å². The molecule has 1 rings (SSSR count). The van der Waals surface area contributed by atoms with Crippen LogP contribution in [0.15, 0.2) is 0 Å². The van der Waals surface area contributed by atoms with Crippen LogP contribution in [0.4, 0.5) is 0 Å². The lowest BCUT2D eigenvalue weighted by Crippen LogP contribution is -2.46. The van der Waals surface area contributed by atoms with E-state index in [1.807, 2.05) is 0 Å². The van der Waals surface area contributed by atoms with E-state index < -0.39 is 0 Å². The molecule has 108 valence electrons. The summed E-state index contributed by atoms with van der Waals surface area (Å²) in [5.74, 6) is 0.326. The Kier molecular flexibility index (Phi) is 7.83. The summed E-state index contributed by atoms with van der Waals surface area (Å²) in [6, 6.07) is 0. The highest BCUT2D eigenvalue weighted by atomic mass is 35.5. The van der Waals surface area contributed by atoms with Crippen LogP contribution in [0.5, 0.6) is 0 Å². The molecule has 0 aromatic heterocycles. The molecule has 5 heteroatoms. The highest BCUT2D eigenvalue weighted by molar-refractivity contribution is 5.85. The van der Waals surface area contributed by atoms with Crippen LogP contribution in [0.2, 0.25) is 0 Å². The molecule has 1 saturated heterocycles. The third-order valence-electron chi connectivity index (χ3n) is 3.02. The van der Waals surface area contributed by atoms with Gasteiger partial charge in [-0.3, -0.25) is 4.79 Å². The summed E-state index contributed by atoms with van der Waals surface area (Å²) in [5.41, 5.74) is 5.69. The number of nitrogens with two attached hydrogens (primary N) is 1. The van der Waals surface area contributed by atoms with Gasteiger partial charge < -0.3 is 16.0 Å². The minimum Gasteiger partial charge on any atom is -0.355 e. The summed E-state index contributed by atoms with van der Waals surface area (Å²) in [5, 5.41) is 2.89. The predicted octanol–water partition coefficient (Wildman–Crippen LogP) is 1.24. The Balaban J connectivity index is 0.00000289. The summed E-state index contributed by atoms with van der Waals surface area (Å²) in [7, 11) is 0. The number of piperidine rings is 1. The Morgan fingerprint density at radius 2 is 2.11 bits per heavy atom. The number of carbonyl (C=O) groups is 1. The minimum absolute atomic E-state index is 0. The van der Waals surface area contributed by atoms with Gasteiger partial charge >= 0.3 is 0 Å². The van der Waals surface area contributed by atoms with Gasteiger partial charge in [-0.2, -0.15) is 0 Å². The summed E-state index contributed by atoms with van der Waals surface area (Å²) >= 11 is 0. The fourth-order valence-electron chi connectivity index (χ4n) is 2.42. The Bertz CT molecular complexity index is 253. The van der Waals surface area contributed by atoms with Crippen LogP contribution >= 0.6 is 12.4 Å². The molecule has 3 N–H and O–H groups in total. The zero-order chi connectivity index (χ0) is 12.9. The van der Waals surface area contributed by atoms with Gasteiger partial charge in [-0.1, -0.05) is 20.8 Å². The number of hydrogen-bond donors (Lipinski definition) is 2. The molecule has 0 spiro atoms. The third-order valence-corrected chi connectivity index (χ3v) is 3.02. The van der Waals surface area contributed by atoms with Crippen molar-refractivity contribution in [3.8, 4) is 0 Å².